The maximum Gasteiger partial charge on any atom is 0.308 e. The van der Waals surface area contributed by atoms with Gasteiger partial charge in [-0.1, -0.05) is 12.1 Å². The normalized spacial score (nSPS) is 13.8. The number of nitrogens with two attached hydrogens (primary N) is 1. The van der Waals surface area contributed by atoms with Gasteiger partial charge in [0.15, 0.2) is 11.5 Å². The molecule has 10 heteroatoms. The molecular formula is C25H27N5O5. The van der Waals surface area contributed by atoms with E-state index in [-0.39, 0.29) is 11.9 Å². The Hall–Kier alpha value is -4.34. The second-order valence-electron chi connectivity index (χ2n) is 7.94. The van der Waals surface area contributed by atoms with Gasteiger partial charge in [-0.05, 0) is 29.8 Å². The van der Waals surface area contributed by atoms with E-state index in [1.165, 1.54) is 6.92 Å². The van der Waals surface area contributed by atoms with E-state index in [4.69, 9.17) is 19.9 Å². The summed E-state index contributed by atoms with van der Waals surface area (Å²) in [6.45, 7) is 3.56. The fraction of sp³-hybridized carbons (Fsp3) is 0.280. The van der Waals surface area contributed by atoms with Gasteiger partial charge in [0.25, 0.3) is 0 Å². The number of carbonyl (C=O) groups excluding carboxylic acids is 2. The fourth-order valence-corrected chi connectivity index (χ4v) is 3.82. The lowest BCUT2D eigenvalue weighted by molar-refractivity contribution is -0.132. The predicted molar refractivity (Wildman–Crippen MR) is 133 cm³/mol. The number of rotatable bonds is 6. The molecule has 1 aromatic heterocycles. The van der Waals surface area contributed by atoms with Crippen LogP contribution in [0.25, 0.3) is 17.0 Å². The quantitative estimate of drug-likeness (QED) is 0.324. The minimum atomic E-state index is -0.376. The highest BCUT2D eigenvalue weighted by atomic mass is 16.5. The van der Waals surface area contributed by atoms with Crippen molar-refractivity contribution in [3.05, 3.63) is 48.0 Å². The molecule has 1 fully saturated rings. The highest BCUT2D eigenvalue weighted by Crippen LogP contribution is 2.34. The van der Waals surface area contributed by atoms with E-state index < -0.39 is 0 Å². The molecule has 0 bridgehead atoms. The number of fused-ring (bicyclic) bond motifs is 1. The first-order valence-electron chi connectivity index (χ1n) is 11.1. The number of carbonyl (C=O) groups is 2. The van der Waals surface area contributed by atoms with Gasteiger partial charge in [0.1, 0.15) is 11.6 Å². The standard InChI is InChI=1S/C25H27N5O5/c1-16(31)35-18-7-4-17(5-8-18)6-9-23(32)29-10-12-30(13-11-29)25-27-20-15-22(34-3)21(33-2)14-19(20)24(26)28-25/h4-9,14-15H,10-13H2,1-3H3,(H2,26,27,28). The van der Waals surface area contributed by atoms with Crippen LogP contribution in [-0.2, 0) is 9.59 Å². The lowest BCUT2D eigenvalue weighted by Crippen LogP contribution is -2.48. The third-order valence-electron chi connectivity index (χ3n) is 5.65. The zero-order valence-electron chi connectivity index (χ0n) is 19.9. The van der Waals surface area contributed by atoms with Gasteiger partial charge in [-0.15, -0.1) is 0 Å². The molecule has 1 saturated heterocycles. The van der Waals surface area contributed by atoms with Crippen LogP contribution in [-0.4, -0.2) is 67.1 Å². The fourth-order valence-electron chi connectivity index (χ4n) is 3.82. The number of hydrogen-bond donors (Lipinski definition) is 1. The number of ether oxygens (including phenoxy) is 3. The number of nitrogens with zero attached hydrogens (tertiary/aromatic N) is 4. The number of benzene rings is 2. The van der Waals surface area contributed by atoms with E-state index in [1.54, 1.807) is 67.7 Å². The summed E-state index contributed by atoms with van der Waals surface area (Å²) in [5.41, 5.74) is 7.70. The third-order valence-corrected chi connectivity index (χ3v) is 5.65. The summed E-state index contributed by atoms with van der Waals surface area (Å²) in [5, 5.41) is 0.686. The highest BCUT2D eigenvalue weighted by molar-refractivity contribution is 5.93. The van der Waals surface area contributed by atoms with E-state index in [1.807, 2.05) is 4.90 Å². The molecule has 2 heterocycles. The maximum absolute atomic E-state index is 12.7. The summed E-state index contributed by atoms with van der Waals surface area (Å²) in [4.78, 5) is 36.6. The zero-order chi connectivity index (χ0) is 24.9. The van der Waals surface area contributed by atoms with Crippen LogP contribution in [0.2, 0.25) is 0 Å². The largest absolute Gasteiger partial charge is 0.493 e. The lowest BCUT2D eigenvalue weighted by Gasteiger charge is -2.34. The van der Waals surface area contributed by atoms with Crippen molar-refractivity contribution in [3.8, 4) is 17.2 Å². The van der Waals surface area contributed by atoms with Gasteiger partial charge in [0, 0.05) is 50.6 Å². The van der Waals surface area contributed by atoms with E-state index in [9.17, 15) is 9.59 Å². The molecule has 0 radical (unpaired) electrons. The molecule has 0 spiro atoms. The molecule has 10 nitrogen and oxygen atoms in total. The van der Waals surface area contributed by atoms with Gasteiger partial charge in [0.2, 0.25) is 11.9 Å². The average Bonchev–Trinajstić information content (AvgIpc) is 2.87. The van der Waals surface area contributed by atoms with E-state index >= 15 is 0 Å². The maximum atomic E-state index is 12.7. The first kappa shape index (κ1) is 23.8. The summed E-state index contributed by atoms with van der Waals surface area (Å²) in [7, 11) is 3.13. The average molecular weight is 478 g/mol. The second kappa shape index (κ2) is 10.3. The summed E-state index contributed by atoms with van der Waals surface area (Å²) in [6, 6.07) is 10.5. The van der Waals surface area contributed by atoms with Crippen molar-refractivity contribution < 1.29 is 23.8 Å². The molecular weight excluding hydrogens is 450 g/mol. The van der Waals surface area contributed by atoms with Crippen molar-refractivity contribution in [1.29, 1.82) is 0 Å². The van der Waals surface area contributed by atoms with Crippen molar-refractivity contribution in [2.45, 2.75) is 6.92 Å². The molecule has 182 valence electrons. The van der Waals surface area contributed by atoms with Crippen LogP contribution in [0.1, 0.15) is 12.5 Å². The van der Waals surface area contributed by atoms with Crippen molar-refractivity contribution in [2.75, 3.05) is 51.0 Å². The van der Waals surface area contributed by atoms with Crippen molar-refractivity contribution in [2.24, 2.45) is 0 Å². The molecule has 2 aromatic carbocycles. The number of anilines is 2. The van der Waals surface area contributed by atoms with Gasteiger partial charge in [-0.2, -0.15) is 4.98 Å². The molecule has 3 aromatic rings. The highest BCUT2D eigenvalue weighted by Gasteiger charge is 2.22. The van der Waals surface area contributed by atoms with E-state index in [2.05, 4.69) is 9.97 Å². The van der Waals surface area contributed by atoms with Gasteiger partial charge < -0.3 is 29.7 Å². The Morgan fingerprint density at radius 2 is 1.63 bits per heavy atom. The summed E-state index contributed by atoms with van der Waals surface area (Å²) in [6.07, 6.45) is 3.28. The molecule has 1 amide bonds. The Morgan fingerprint density at radius 3 is 2.26 bits per heavy atom. The number of hydrogen-bond acceptors (Lipinski definition) is 9. The molecule has 2 N–H and O–H groups in total. The summed E-state index contributed by atoms with van der Waals surface area (Å²) < 4.78 is 15.7. The molecule has 1 aliphatic rings. The molecule has 0 atom stereocenters. The van der Waals surface area contributed by atoms with Crippen LogP contribution in [0.4, 0.5) is 11.8 Å². The van der Waals surface area contributed by atoms with Crippen LogP contribution < -0.4 is 24.8 Å². The van der Waals surface area contributed by atoms with Crippen LogP contribution >= 0.6 is 0 Å². The molecule has 35 heavy (non-hydrogen) atoms. The van der Waals surface area contributed by atoms with Gasteiger partial charge in [-0.3, -0.25) is 9.59 Å². The Morgan fingerprint density at radius 1 is 0.971 bits per heavy atom. The smallest absolute Gasteiger partial charge is 0.308 e. The Balaban J connectivity index is 1.40. The number of nitrogen functional groups attached to an aromatic ring is 1. The lowest BCUT2D eigenvalue weighted by atomic mass is 10.2. The second-order valence-corrected chi connectivity index (χ2v) is 7.94. The molecule has 0 aliphatic carbocycles. The van der Waals surface area contributed by atoms with Crippen LogP contribution in [0, 0.1) is 0 Å². The Kier molecular flexibility index (Phi) is 7.00. The number of piperazine rings is 1. The Bertz CT molecular complexity index is 1270. The molecule has 0 saturated carbocycles. The Labute approximate surface area is 202 Å². The number of esters is 1. The minimum absolute atomic E-state index is 0.0792. The van der Waals surface area contributed by atoms with Crippen LogP contribution in [0.3, 0.4) is 0 Å². The van der Waals surface area contributed by atoms with Crippen LogP contribution in [0.5, 0.6) is 17.2 Å². The molecule has 1 aliphatic heterocycles. The topological polar surface area (TPSA) is 120 Å². The van der Waals surface area contributed by atoms with Crippen molar-refractivity contribution in [3.63, 3.8) is 0 Å². The van der Waals surface area contributed by atoms with E-state index in [0.29, 0.717) is 66.1 Å². The monoisotopic (exact) mass is 477 g/mol. The van der Waals surface area contributed by atoms with Crippen molar-refractivity contribution >= 4 is 40.6 Å². The van der Waals surface area contributed by atoms with Gasteiger partial charge in [-0.25, -0.2) is 4.98 Å². The van der Waals surface area contributed by atoms with Crippen molar-refractivity contribution in [1.82, 2.24) is 14.9 Å². The predicted octanol–water partition coefficient (Wildman–Crippen LogP) is 2.52. The first-order chi connectivity index (χ1) is 16.9. The SMILES string of the molecule is COc1cc2nc(N3CCN(C(=O)C=Cc4ccc(OC(C)=O)cc4)CC3)nc(N)c2cc1OC. The number of aromatic nitrogens is 2. The summed E-state index contributed by atoms with van der Waals surface area (Å²) in [5.74, 6) is 2.00. The number of methoxy groups -OCH3 is 2. The van der Waals surface area contributed by atoms with Gasteiger partial charge in [0.05, 0.1) is 19.7 Å². The minimum Gasteiger partial charge on any atom is -0.493 e. The zero-order valence-corrected chi connectivity index (χ0v) is 19.9. The third kappa shape index (κ3) is 5.43. The first-order valence-corrected chi connectivity index (χ1v) is 11.1. The summed E-state index contributed by atoms with van der Waals surface area (Å²) >= 11 is 0. The van der Waals surface area contributed by atoms with Crippen LogP contribution in [0.15, 0.2) is 42.5 Å². The molecule has 0 unspecified atom stereocenters. The van der Waals surface area contributed by atoms with E-state index in [0.717, 1.165) is 5.56 Å². The molecule has 4 rings (SSSR count). The van der Waals surface area contributed by atoms with Gasteiger partial charge >= 0.3 is 5.97 Å². The number of amides is 1.